The normalized spacial score (nSPS) is 12.9. The number of nitrogens with one attached hydrogen (secondary N) is 1. The lowest BCUT2D eigenvalue weighted by atomic mass is 9.93. The van der Waals surface area contributed by atoms with Crippen molar-refractivity contribution in [3.63, 3.8) is 0 Å². The number of hydrogen-bond acceptors (Lipinski definition) is 3. The van der Waals surface area contributed by atoms with Crippen molar-refractivity contribution in [3.8, 4) is 5.75 Å². The number of hydrogen-bond donors (Lipinski definition) is 2. The second-order valence-electron chi connectivity index (χ2n) is 5.69. The molecule has 0 aromatic heterocycles. The molecule has 0 amide bonds. The Labute approximate surface area is 157 Å². The van der Waals surface area contributed by atoms with Crippen LogP contribution < -0.4 is 15.8 Å². The van der Waals surface area contributed by atoms with Crippen LogP contribution in [-0.4, -0.2) is 44.7 Å². The molecule has 132 valence electrons. The van der Waals surface area contributed by atoms with E-state index in [2.05, 4.69) is 43.2 Å². The largest absolute Gasteiger partial charge is 0.497 e. The molecule has 0 aliphatic carbocycles. The number of anilines is 1. The highest BCUT2D eigenvalue weighted by molar-refractivity contribution is 14.0. The molecule has 1 unspecified atom stereocenters. The van der Waals surface area contributed by atoms with Crippen LogP contribution in [0.4, 0.5) is 5.69 Å². The molecule has 3 N–H and O–H groups in total. The van der Waals surface area contributed by atoms with E-state index in [0.29, 0.717) is 24.5 Å². The third-order valence-corrected chi connectivity index (χ3v) is 4.07. The van der Waals surface area contributed by atoms with E-state index in [9.17, 15) is 0 Å². The smallest absolute Gasteiger partial charge is 0.193 e. The highest BCUT2D eigenvalue weighted by atomic mass is 127. The molecule has 0 spiro atoms. The second-order valence-corrected chi connectivity index (χ2v) is 5.69. The van der Waals surface area contributed by atoms with Crippen molar-refractivity contribution >= 4 is 35.6 Å². The number of rotatable bonds is 8. The first-order chi connectivity index (χ1) is 10.5. The van der Waals surface area contributed by atoms with Crippen LogP contribution in [0.3, 0.4) is 0 Å². The van der Waals surface area contributed by atoms with Gasteiger partial charge in [0, 0.05) is 11.7 Å². The van der Waals surface area contributed by atoms with Gasteiger partial charge in [0.25, 0.3) is 0 Å². The molecule has 1 atom stereocenters. The third-order valence-electron chi connectivity index (χ3n) is 4.07. The van der Waals surface area contributed by atoms with E-state index in [4.69, 9.17) is 10.5 Å². The number of benzene rings is 1. The first-order valence-electron chi connectivity index (χ1n) is 7.89. The standard InChI is InChI=1S/C17H30N4O.HI/c1-6-13(7-2)16(21(3)4)12-19-17(18)20-14-8-10-15(22-5)11-9-14;/h8-11,13,16H,6-7,12H2,1-5H3,(H3,18,19,20);1H. The monoisotopic (exact) mass is 434 g/mol. The zero-order valence-corrected chi connectivity index (χ0v) is 17.2. The fourth-order valence-electron chi connectivity index (χ4n) is 2.62. The van der Waals surface area contributed by atoms with Crippen LogP contribution in [0.2, 0.25) is 0 Å². The highest BCUT2D eigenvalue weighted by Crippen LogP contribution is 2.18. The van der Waals surface area contributed by atoms with Crippen molar-refractivity contribution in [1.29, 1.82) is 0 Å². The minimum Gasteiger partial charge on any atom is -0.497 e. The molecular formula is C17H31IN4O. The molecule has 0 heterocycles. The Morgan fingerprint density at radius 2 is 1.78 bits per heavy atom. The number of ether oxygens (including phenoxy) is 1. The van der Waals surface area contributed by atoms with Gasteiger partial charge < -0.3 is 20.7 Å². The topological polar surface area (TPSA) is 62.9 Å². The molecule has 1 aromatic rings. The van der Waals surface area contributed by atoms with Gasteiger partial charge >= 0.3 is 0 Å². The van der Waals surface area contributed by atoms with Crippen molar-refractivity contribution in [2.75, 3.05) is 33.1 Å². The number of nitrogens with zero attached hydrogens (tertiary/aromatic N) is 2. The van der Waals surface area contributed by atoms with Crippen LogP contribution in [0.25, 0.3) is 0 Å². The van der Waals surface area contributed by atoms with Crippen LogP contribution in [0.15, 0.2) is 29.3 Å². The Bertz CT molecular complexity index is 458. The van der Waals surface area contributed by atoms with E-state index in [1.807, 2.05) is 24.3 Å². The minimum absolute atomic E-state index is 0. The number of halogens is 1. The van der Waals surface area contributed by atoms with Gasteiger partial charge in [-0.15, -0.1) is 24.0 Å². The molecule has 0 aliphatic rings. The van der Waals surface area contributed by atoms with E-state index >= 15 is 0 Å². The molecule has 0 radical (unpaired) electrons. The molecule has 0 fully saturated rings. The van der Waals surface area contributed by atoms with Gasteiger partial charge in [0.15, 0.2) is 5.96 Å². The van der Waals surface area contributed by atoms with Gasteiger partial charge in [-0.25, -0.2) is 0 Å². The van der Waals surface area contributed by atoms with E-state index < -0.39 is 0 Å². The van der Waals surface area contributed by atoms with Gasteiger partial charge in [0.05, 0.1) is 13.7 Å². The summed E-state index contributed by atoms with van der Waals surface area (Å²) in [4.78, 5) is 6.75. The summed E-state index contributed by atoms with van der Waals surface area (Å²) in [6.45, 7) is 5.16. The SMILES string of the molecule is CCC(CC)C(CN=C(N)Nc1ccc(OC)cc1)N(C)C.I. The Balaban J connectivity index is 0.00000484. The van der Waals surface area contributed by atoms with E-state index in [-0.39, 0.29) is 24.0 Å². The number of aliphatic imine (C=N–C) groups is 1. The molecule has 0 saturated carbocycles. The van der Waals surface area contributed by atoms with Crippen LogP contribution in [0, 0.1) is 5.92 Å². The van der Waals surface area contributed by atoms with Crippen molar-refractivity contribution in [2.24, 2.45) is 16.6 Å². The molecule has 0 saturated heterocycles. The van der Waals surface area contributed by atoms with Gasteiger partial charge in [0.2, 0.25) is 0 Å². The number of nitrogens with two attached hydrogens (primary N) is 1. The summed E-state index contributed by atoms with van der Waals surface area (Å²) >= 11 is 0. The molecule has 6 heteroatoms. The Morgan fingerprint density at radius 3 is 2.22 bits per heavy atom. The van der Waals surface area contributed by atoms with Crippen LogP contribution in [0.1, 0.15) is 26.7 Å². The summed E-state index contributed by atoms with van der Waals surface area (Å²) < 4.78 is 5.14. The van der Waals surface area contributed by atoms with Gasteiger partial charge in [-0.2, -0.15) is 0 Å². The first-order valence-corrected chi connectivity index (χ1v) is 7.89. The molecular weight excluding hydrogens is 403 g/mol. The predicted molar refractivity (Wildman–Crippen MR) is 110 cm³/mol. The van der Waals surface area contributed by atoms with E-state index in [0.717, 1.165) is 24.3 Å². The summed E-state index contributed by atoms with van der Waals surface area (Å²) in [6.07, 6.45) is 2.31. The van der Waals surface area contributed by atoms with Crippen LogP contribution in [-0.2, 0) is 0 Å². The van der Waals surface area contributed by atoms with Gasteiger partial charge in [-0.3, -0.25) is 4.99 Å². The maximum absolute atomic E-state index is 6.00. The van der Waals surface area contributed by atoms with E-state index in [1.54, 1.807) is 7.11 Å². The second kappa shape index (κ2) is 11.5. The first kappa shape index (κ1) is 22.0. The average Bonchev–Trinajstić information content (AvgIpc) is 2.51. The predicted octanol–water partition coefficient (Wildman–Crippen LogP) is 3.41. The fourth-order valence-corrected chi connectivity index (χ4v) is 2.62. The molecule has 0 bridgehead atoms. The van der Waals surface area contributed by atoms with Crippen molar-refractivity contribution in [3.05, 3.63) is 24.3 Å². The van der Waals surface area contributed by atoms with Crippen molar-refractivity contribution < 1.29 is 4.74 Å². The molecule has 0 aliphatic heterocycles. The Hall–Kier alpha value is -1.02. The molecule has 5 nitrogen and oxygen atoms in total. The number of likely N-dealkylation sites (N-methyl/N-ethyl adjacent to an activating group) is 1. The number of guanidine groups is 1. The van der Waals surface area contributed by atoms with Crippen molar-refractivity contribution in [1.82, 2.24) is 4.90 Å². The van der Waals surface area contributed by atoms with E-state index in [1.165, 1.54) is 0 Å². The van der Waals surface area contributed by atoms with Crippen LogP contribution >= 0.6 is 24.0 Å². The van der Waals surface area contributed by atoms with Gasteiger partial charge in [-0.05, 0) is 44.3 Å². The zero-order chi connectivity index (χ0) is 16.5. The fraction of sp³-hybridized carbons (Fsp3) is 0.588. The molecule has 1 aromatic carbocycles. The summed E-state index contributed by atoms with van der Waals surface area (Å²) in [6, 6.07) is 8.04. The number of methoxy groups -OCH3 is 1. The lowest BCUT2D eigenvalue weighted by Gasteiger charge is -2.30. The minimum atomic E-state index is 0. The van der Waals surface area contributed by atoms with Crippen molar-refractivity contribution in [2.45, 2.75) is 32.7 Å². The lowest BCUT2D eigenvalue weighted by molar-refractivity contribution is 0.206. The summed E-state index contributed by atoms with van der Waals surface area (Å²) in [5.74, 6) is 1.90. The van der Waals surface area contributed by atoms with Crippen LogP contribution in [0.5, 0.6) is 5.75 Å². The zero-order valence-electron chi connectivity index (χ0n) is 14.9. The summed E-state index contributed by atoms with van der Waals surface area (Å²) in [7, 11) is 5.86. The Morgan fingerprint density at radius 1 is 1.22 bits per heavy atom. The highest BCUT2D eigenvalue weighted by Gasteiger charge is 2.20. The quantitative estimate of drug-likeness (QED) is 0.374. The van der Waals surface area contributed by atoms with Gasteiger partial charge in [0.1, 0.15) is 5.75 Å². The average molecular weight is 434 g/mol. The Kier molecular flexibility index (Phi) is 11.0. The van der Waals surface area contributed by atoms with Gasteiger partial charge in [-0.1, -0.05) is 26.7 Å². The third kappa shape index (κ3) is 7.39. The summed E-state index contributed by atoms with van der Waals surface area (Å²) in [5.41, 5.74) is 6.91. The molecule has 1 rings (SSSR count). The maximum atomic E-state index is 6.00. The maximum Gasteiger partial charge on any atom is 0.193 e. The summed E-state index contributed by atoms with van der Waals surface area (Å²) in [5, 5.41) is 3.12. The lowest BCUT2D eigenvalue weighted by Crippen LogP contribution is -2.38. The molecule has 23 heavy (non-hydrogen) atoms.